The number of benzene rings is 1. The van der Waals surface area contributed by atoms with Crippen LogP contribution in [0, 0.1) is 18.8 Å². The van der Waals surface area contributed by atoms with Gasteiger partial charge in [-0.1, -0.05) is 39.0 Å². The molecule has 33 heavy (non-hydrogen) atoms. The highest BCUT2D eigenvalue weighted by atomic mass is 16.5. The van der Waals surface area contributed by atoms with E-state index in [-0.39, 0.29) is 24.4 Å². The topological polar surface area (TPSA) is 78.6 Å². The van der Waals surface area contributed by atoms with E-state index in [4.69, 9.17) is 13.9 Å². The van der Waals surface area contributed by atoms with Gasteiger partial charge in [-0.05, 0) is 49.8 Å². The summed E-state index contributed by atoms with van der Waals surface area (Å²) in [6.45, 7) is 4.13. The zero-order valence-corrected chi connectivity index (χ0v) is 20.4. The van der Waals surface area contributed by atoms with E-state index in [0.29, 0.717) is 35.3 Å². The molecule has 1 fully saturated rings. The Hall–Kier alpha value is -2.63. The number of ketones is 2. The van der Waals surface area contributed by atoms with Gasteiger partial charge in [0.05, 0.1) is 32.8 Å². The number of aryl methyl sites for hydroxylation is 1. The Kier molecular flexibility index (Phi) is 9.10. The molecule has 6 nitrogen and oxygen atoms in total. The quantitative estimate of drug-likeness (QED) is 0.283. The van der Waals surface area contributed by atoms with Gasteiger partial charge in [0.2, 0.25) is 5.89 Å². The van der Waals surface area contributed by atoms with E-state index in [0.717, 1.165) is 30.2 Å². The summed E-state index contributed by atoms with van der Waals surface area (Å²) in [5.74, 6) is 3.77. The van der Waals surface area contributed by atoms with Crippen LogP contribution >= 0.6 is 0 Å². The zero-order chi connectivity index (χ0) is 23.8. The van der Waals surface area contributed by atoms with Crippen LogP contribution in [0.5, 0.6) is 11.5 Å². The molecular weight excluding hydrogens is 418 g/mol. The zero-order valence-electron chi connectivity index (χ0n) is 20.4. The van der Waals surface area contributed by atoms with Gasteiger partial charge in [0.1, 0.15) is 17.3 Å². The molecule has 0 N–H and O–H groups in total. The molecule has 6 heteroatoms. The lowest BCUT2D eigenvalue weighted by Crippen LogP contribution is -2.13. The average Bonchev–Trinajstić information content (AvgIpc) is 3.16. The molecule has 1 heterocycles. The lowest BCUT2D eigenvalue weighted by atomic mass is 9.80. The number of oxazole rings is 1. The van der Waals surface area contributed by atoms with E-state index in [2.05, 4.69) is 11.9 Å². The molecule has 1 aromatic carbocycles. The van der Waals surface area contributed by atoms with Crippen molar-refractivity contribution < 1.29 is 23.5 Å². The second-order valence-corrected chi connectivity index (χ2v) is 9.41. The van der Waals surface area contributed by atoms with Crippen LogP contribution in [-0.2, 0) is 16.0 Å². The number of carbonyl (C=O) groups excluding carboxylic acids is 2. The summed E-state index contributed by atoms with van der Waals surface area (Å²) in [7, 11) is 3.15. The number of carbonyl (C=O) groups is 2. The number of unbranched alkanes of at least 4 members (excludes halogenated alkanes) is 1. The van der Waals surface area contributed by atoms with Crippen LogP contribution < -0.4 is 9.47 Å². The van der Waals surface area contributed by atoms with E-state index in [9.17, 15) is 9.59 Å². The van der Waals surface area contributed by atoms with Gasteiger partial charge in [-0.15, -0.1) is 0 Å². The van der Waals surface area contributed by atoms with Crippen LogP contribution in [0.25, 0.3) is 11.5 Å². The predicted octanol–water partition coefficient (Wildman–Crippen LogP) is 6.12. The Morgan fingerprint density at radius 1 is 1.09 bits per heavy atom. The molecule has 0 aliphatic heterocycles. The van der Waals surface area contributed by atoms with Crippen molar-refractivity contribution >= 4 is 11.6 Å². The van der Waals surface area contributed by atoms with Crippen molar-refractivity contribution in [3.05, 3.63) is 29.7 Å². The molecule has 1 aromatic heterocycles. The summed E-state index contributed by atoms with van der Waals surface area (Å²) >= 11 is 0. The van der Waals surface area contributed by atoms with Crippen molar-refractivity contribution in [1.82, 2.24) is 4.98 Å². The Labute approximate surface area is 197 Å². The van der Waals surface area contributed by atoms with Crippen molar-refractivity contribution in [3.63, 3.8) is 0 Å². The largest absolute Gasteiger partial charge is 0.493 e. The highest BCUT2D eigenvalue weighted by Gasteiger charge is 2.20. The Balaban J connectivity index is 1.46. The summed E-state index contributed by atoms with van der Waals surface area (Å²) in [5.41, 5.74) is 1.31. The number of Topliss-reactive ketones (excluding diaryl/α,β-unsaturated/α-hetero) is 2. The van der Waals surface area contributed by atoms with Crippen LogP contribution in [0.1, 0.15) is 76.2 Å². The molecule has 3 rings (SSSR count). The molecule has 0 radical (unpaired) electrons. The maximum absolute atomic E-state index is 12.5. The first-order valence-electron chi connectivity index (χ1n) is 12.1. The highest BCUT2D eigenvalue weighted by Crippen LogP contribution is 2.33. The van der Waals surface area contributed by atoms with E-state index in [1.54, 1.807) is 33.3 Å². The molecule has 180 valence electrons. The van der Waals surface area contributed by atoms with E-state index in [1.807, 2.05) is 6.07 Å². The van der Waals surface area contributed by atoms with Crippen molar-refractivity contribution in [3.8, 4) is 23.0 Å². The molecule has 0 saturated heterocycles. The lowest BCUT2D eigenvalue weighted by molar-refractivity contribution is -0.126. The third-order valence-corrected chi connectivity index (χ3v) is 6.65. The van der Waals surface area contributed by atoms with Gasteiger partial charge in [0.15, 0.2) is 11.5 Å². The van der Waals surface area contributed by atoms with Crippen molar-refractivity contribution in [2.45, 2.75) is 78.1 Å². The molecular formula is C27H37NO5. The molecule has 0 spiro atoms. The second kappa shape index (κ2) is 12.0. The minimum Gasteiger partial charge on any atom is -0.493 e. The summed E-state index contributed by atoms with van der Waals surface area (Å²) in [4.78, 5) is 29.3. The minimum atomic E-state index is -0.114. The van der Waals surface area contributed by atoms with Crippen molar-refractivity contribution in [2.75, 3.05) is 14.2 Å². The summed E-state index contributed by atoms with van der Waals surface area (Å²) in [6, 6.07) is 5.40. The van der Waals surface area contributed by atoms with Crippen LogP contribution in [0.15, 0.2) is 22.6 Å². The second-order valence-electron chi connectivity index (χ2n) is 9.41. The molecule has 1 aliphatic carbocycles. The van der Waals surface area contributed by atoms with Gasteiger partial charge < -0.3 is 13.9 Å². The Bertz CT molecular complexity index is 948. The number of hydrogen-bond acceptors (Lipinski definition) is 6. The SMILES string of the molecule is COc1ccc(-c2nc(CC(=O)CC(=O)CCCCC3CCCC(C)C3)c(C)o2)cc1OC. The average molecular weight is 456 g/mol. The number of methoxy groups -OCH3 is 2. The molecule has 0 amide bonds. The predicted molar refractivity (Wildman–Crippen MR) is 128 cm³/mol. The molecule has 0 bridgehead atoms. The van der Waals surface area contributed by atoms with Crippen LogP contribution in [-0.4, -0.2) is 30.8 Å². The number of rotatable bonds is 12. The van der Waals surface area contributed by atoms with Gasteiger partial charge in [-0.3, -0.25) is 9.59 Å². The van der Waals surface area contributed by atoms with E-state index >= 15 is 0 Å². The van der Waals surface area contributed by atoms with Gasteiger partial charge in [0, 0.05) is 12.0 Å². The number of aromatic nitrogens is 1. The number of hydrogen-bond donors (Lipinski definition) is 0. The maximum Gasteiger partial charge on any atom is 0.226 e. The fraction of sp³-hybridized carbons (Fsp3) is 0.593. The fourth-order valence-electron chi connectivity index (χ4n) is 4.82. The third kappa shape index (κ3) is 7.18. The van der Waals surface area contributed by atoms with Gasteiger partial charge in [-0.25, -0.2) is 4.98 Å². The van der Waals surface area contributed by atoms with Crippen molar-refractivity contribution in [1.29, 1.82) is 0 Å². The summed E-state index contributed by atoms with van der Waals surface area (Å²) in [6.07, 6.45) is 9.09. The van der Waals surface area contributed by atoms with Gasteiger partial charge in [0.25, 0.3) is 0 Å². The number of nitrogens with zero attached hydrogens (tertiary/aromatic N) is 1. The van der Waals surface area contributed by atoms with Crippen LogP contribution in [0.4, 0.5) is 0 Å². The summed E-state index contributed by atoms with van der Waals surface area (Å²) in [5, 5.41) is 0. The molecule has 2 atom stereocenters. The van der Waals surface area contributed by atoms with Crippen molar-refractivity contribution in [2.24, 2.45) is 11.8 Å². The third-order valence-electron chi connectivity index (χ3n) is 6.65. The van der Waals surface area contributed by atoms with Gasteiger partial charge in [-0.2, -0.15) is 0 Å². The molecule has 1 saturated carbocycles. The first-order valence-corrected chi connectivity index (χ1v) is 12.1. The normalized spacial score (nSPS) is 18.2. The Morgan fingerprint density at radius 3 is 2.61 bits per heavy atom. The lowest BCUT2D eigenvalue weighted by Gasteiger charge is -2.26. The standard InChI is InChI=1S/C27H37NO5/c1-18-8-7-10-20(14-18)9-5-6-11-22(29)16-23(30)17-24-19(2)33-27(28-24)21-12-13-25(31-3)26(15-21)32-4/h12-13,15,18,20H,5-11,14,16-17H2,1-4H3. The smallest absolute Gasteiger partial charge is 0.226 e. The fourth-order valence-corrected chi connectivity index (χ4v) is 4.82. The monoisotopic (exact) mass is 455 g/mol. The molecule has 2 unspecified atom stereocenters. The first kappa shape index (κ1) is 25.0. The maximum atomic E-state index is 12.5. The molecule has 2 aromatic rings. The first-order chi connectivity index (χ1) is 15.9. The number of ether oxygens (including phenoxy) is 2. The summed E-state index contributed by atoms with van der Waals surface area (Å²) < 4.78 is 16.4. The Morgan fingerprint density at radius 2 is 1.88 bits per heavy atom. The van der Waals surface area contributed by atoms with E-state index < -0.39 is 0 Å². The van der Waals surface area contributed by atoms with E-state index in [1.165, 1.54) is 32.1 Å². The van der Waals surface area contributed by atoms with Crippen LogP contribution in [0.2, 0.25) is 0 Å². The highest BCUT2D eigenvalue weighted by molar-refractivity contribution is 5.99. The van der Waals surface area contributed by atoms with Gasteiger partial charge >= 0.3 is 0 Å². The molecule has 1 aliphatic rings. The van der Waals surface area contributed by atoms with Crippen LogP contribution in [0.3, 0.4) is 0 Å². The minimum absolute atomic E-state index is 0.0262.